The third-order valence-corrected chi connectivity index (χ3v) is 2.59. The lowest BCUT2D eigenvalue weighted by Gasteiger charge is -2.13. The molecule has 0 aromatic carbocycles. The maximum absolute atomic E-state index is 11.4. The van der Waals surface area contributed by atoms with Crippen LogP contribution < -0.4 is 5.73 Å². The van der Waals surface area contributed by atoms with E-state index in [0.29, 0.717) is 6.42 Å². The van der Waals surface area contributed by atoms with Gasteiger partial charge >= 0.3 is 0 Å². The molecular formula is C10H20ClNO. The molecule has 0 amide bonds. The van der Waals surface area contributed by atoms with Crippen molar-refractivity contribution in [3.8, 4) is 0 Å². The quantitative estimate of drug-likeness (QED) is 0.748. The van der Waals surface area contributed by atoms with E-state index >= 15 is 0 Å². The number of halogens is 1. The lowest BCUT2D eigenvalue weighted by atomic mass is 9.97. The third-order valence-electron chi connectivity index (χ3n) is 2.59. The highest BCUT2D eigenvalue weighted by Crippen LogP contribution is 2.33. The van der Waals surface area contributed by atoms with Crippen molar-refractivity contribution in [1.82, 2.24) is 0 Å². The van der Waals surface area contributed by atoms with Gasteiger partial charge in [-0.25, -0.2) is 0 Å². The van der Waals surface area contributed by atoms with Gasteiger partial charge in [0.2, 0.25) is 0 Å². The van der Waals surface area contributed by atoms with Gasteiger partial charge < -0.3 is 5.73 Å². The first kappa shape index (κ1) is 12.9. The largest absolute Gasteiger partial charge is 0.321 e. The standard InChI is InChI=1S/C10H19NO.ClH/c1-7(2)10(11)9(12)6-5-8-3-4-8;/h7-8,10H,3-6,11H2,1-2H3;1H/t10-;/m1./s1. The zero-order chi connectivity index (χ0) is 9.14. The molecule has 0 spiro atoms. The zero-order valence-electron chi connectivity index (χ0n) is 8.45. The molecule has 0 aromatic rings. The van der Waals surface area contributed by atoms with Crippen molar-refractivity contribution in [2.24, 2.45) is 17.6 Å². The van der Waals surface area contributed by atoms with Crippen LogP contribution in [0.1, 0.15) is 39.5 Å². The summed E-state index contributed by atoms with van der Waals surface area (Å²) >= 11 is 0. The van der Waals surface area contributed by atoms with Gasteiger partial charge in [-0.1, -0.05) is 26.7 Å². The molecule has 1 atom stereocenters. The molecule has 2 N–H and O–H groups in total. The van der Waals surface area contributed by atoms with Gasteiger partial charge in [0.15, 0.2) is 0 Å². The van der Waals surface area contributed by atoms with Crippen LogP contribution in [-0.2, 0) is 4.79 Å². The second kappa shape index (κ2) is 5.61. The van der Waals surface area contributed by atoms with E-state index < -0.39 is 0 Å². The Labute approximate surface area is 86.7 Å². The molecular weight excluding hydrogens is 186 g/mol. The fourth-order valence-corrected chi connectivity index (χ4v) is 1.29. The van der Waals surface area contributed by atoms with Crippen molar-refractivity contribution in [3.63, 3.8) is 0 Å². The first-order chi connectivity index (χ1) is 5.61. The number of carbonyl (C=O) groups is 1. The van der Waals surface area contributed by atoms with E-state index in [1.165, 1.54) is 12.8 Å². The average Bonchev–Trinajstić information content (AvgIpc) is 2.81. The normalized spacial score (nSPS) is 18.2. The maximum atomic E-state index is 11.4. The minimum absolute atomic E-state index is 0. The lowest BCUT2D eigenvalue weighted by molar-refractivity contribution is -0.121. The van der Waals surface area contributed by atoms with Gasteiger partial charge in [-0.05, 0) is 18.3 Å². The van der Waals surface area contributed by atoms with Crippen LogP contribution in [0.25, 0.3) is 0 Å². The van der Waals surface area contributed by atoms with Crippen LogP contribution in [0.4, 0.5) is 0 Å². The van der Waals surface area contributed by atoms with Crippen molar-refractivity contribution in [2.75, 3.05) is 0 Å². The summed E-state index contributed by atoms with van der Waals surface area (Å²) in [5.74, 6) is 1.38. The Morgan fingerprint density at radius 1 is 1.46 bits per heavy atom. The molecule has 0 saturated heterocycles. The van der Waals surface area contributed by atoms with Crippen LogP contribution >= 0.6 is 12.4 Å². The fourth-order valence-electron chi connectivity index (χ4n) is 1.29. The van der Waals surface area contributed by atoms with Gasteiger partial charge in [-0.2, -0.15) is 0 Å². The van der Waals surface area contributed by atoms with E-state index in [2.05, 4.69) is 0 Å². The molecule has 0 unspecified atom stereocenters. The number of Topliss-reactive ketones (excluding diaryl/α,β-unsaturated/α-hetero) is 1. The summed E-state index contributed by atoms with van der Waals surface area (Å²) in [6.45, 7) is 4.00. The van der Waals surface area contributed by atoms with Crippen molar-refractivity contribution in [1.29, 1.82) is 0 Å². The van der Waals surface area contributed by atoms with Gasteiger partial charge in [0.25, 0.3) is 0 Å². The molecule has 1 aliphatic rings. The van der Waals surface area contributed by atoms with Crippen LogP contribution in [0.15, 0.2) is 0 Å². The number of nitrogens with two attached hydrogens (primary N) is 1. The van der Waals surface area contributed by atoms with Gasteiger partial charge in [-0.3, -0.25) is 4.79 Å². The number of carbonyl (C=O) groups excluding carboxylic acids is 1. The summed E-state index contributed by atoms with van der Waals surface area (Å²) in [4.78, 5) is 11.4. The Bertz CT molecular complexity index is 166. The van der Waals surface area contributed by atoms with Crippen molar-refractivity contribution in [3.05, 3.63) is 0 Å². The summed E-state index contributed by atoms with van der Waals surface area (Å²) in [6, 6.07) is -0.233. The fraction of sp³-hybridized carbons (Fsp3) is 0.900. The van der Waals surface area contributed by atoms with Crippen LogP contribution in [0.5, 0.6) is 0 Å². The third kappa shape index (κ3) is 4.63. The molecule has 0 radical (unpaired) electrons. The van der Waals surface area contributed by atoms with Crippen LogP contribution in [0.2, 0.25) is 0 Å². The monoisotopic (exact) mass is 205 g/mol. The van der Waals surface area contributed by atoms with Gasteiger partial charge in [-0.15, -0.1) is 12.4 Å². The van der Waals surface area contributed by atoms with Gasteiger partial charge in [0.05, 0.1) is 6.04 Å². The molecule has 1 saturated carbocycles. The summed E-state index contributed by atoms with van der Waals surface area (Å²) in [5, 5.41) is 0. The number of ketones is 1. The number of hydrogen-bond acceptors (Lipinski definition) is 2. The molecule has 3 heteroatoms. The van der Waals surface area contributed by atoms with Gasteiger partial charge in [0, 0.05) is 6.42 Å². The van der Waals surface area contributed by atoms with E-state index in [9.17, 15) is 4.79 Å². The van der Waals surface area contributed by atoms with E-state index in [1.807, 2.05) is 13.8 Å². The van der Waals surface area contributed by atoms with E-state index in [1.54, 1.807) is 0 Å². The van der Waals surface area contributed by atoms with Crippen molar-refractivity contribution < 1.29 is 4.79 Å². The summed E-state index contributed by atoms with van der Waals surface area (Å²) < 4.78 is 0. The van der Waals surface area contributed by atoms with Gasteiger partial charge in [0.1, 0.15) is 5.78 Å². The lowest BCUT2D eigenvalue weighted by Crippen LogP contribution is -2.35. The van der Waals surface area contributed by atoms with E-state index in [0.717, 1.165) is 12.3 Å². The second-order valence-electron chi connectivity index (χ2n) is 4.22. The Kier molecular flexibility index (Phi) is 5.57. The molecule has 0 aliphatic heterocycles. The Hall–Kier alpha value is -0.0800. The minimum Gasteiger partial charge on any atom is -0.321 e. The van der Waals surface area contributed by atoms with Crippen molar-refractivity contribution in [2.45, 2.75) is 45.6 Å². The molecule has 1 aliphatic carbocycles. The second-order valence-corrected chi connectivity index (χ2v) is 4.22. The molecule has 1 fully saturated rings. The first-order valence-electron chi connectivity index (χ1n) is 4.89. The van der Waals surface area contributed by atoms with Crippen LogP contribution in [0.3, 0.4) is 0 Å². The zero-order valence-corrected chi connectivity index (χ0v) is 9.27. The summed E-state index contributed by atoms with van der Waals surface area (Å²) in [6.07, 6.45) is 4.41. The minimum atomic E-state index is -0.233. The average molecular weight is 206 g/mol. The summed E-state index contributed by atoms with van der Waals surface area (Å²) in [7, 11) is 0. The SMILES string of the molecule is CC(C)[C@@H](N)C(=O)CCC1CC1.Cl. The highest BCUT2D eigenvalue weighted by atomic mass is 35.5. The molecule has 1 rings (SSSR count). The molecule has 0 aromatic heterocycles. The summed E-state index contributed by atoms with van der Waals surface area (Å²) in [5.41, 5.74) is 5.72. The molecule has 2 nitrogen and oxygen atoms in total. The molecule has 0 heterocycles. The van der Waals surface area contributed by atoms with Crippen molar-refractivity contribution >= 4 is 18.2 Å². The van der Waals surface area contributed by atoms with Crippen LogP contribution in [-0.4, -0.2) is 11.8 Å². The molecule has 13 heavy (non-hydrogen) atoms. The highest BCUT2D eigenvalue weighted by Gasteiger charge is 2.24. The Balaban J connectivity index is 0.00000144. The predicted octanol–water partition coefficient (Wildman–Crippen LogP) is 2.15. The number of rotatable bonds is 5. The highest BCUT2D eigenvalue weighted by molar-refractivity contribution is 5.85. The predicted molar refractivity (Wildman–Crippen MR) is 57.0 cm³/mol. The molecule has 78 valence electrons. The van der Waals surface area contributed by atoms with E-state index in [-0.39, 0.29) is 30.2 Å². The maximum Gasteiger partial charge on any atom is 0.149 e. The van der Waals surface area contributed by atoms with Crippen LogP contribution in [0, 0.1) is 11.8 Å². The topological polar surface area (TPSA) is 43.1 Å². The smallest absolute Gasteiger partial charge is 0.149 e. The van der Waals surface area contributed by atoms with E-state index in [4.69, 9.17) is 5.73 Å². The Morgan fingerprint density at radius 3 is 2.38 bits per heavy atom. The Morgan fingerprint density at radius 2 is 2.00 bits per heavy atom. The molecule has 0 bridgehead atoms. The number of hydrogen-bond donors (Lipinski definition) is 1. The first-order valence-corrected chi connectivity index (χ1v) is 4.89.